The molecule has 0 spiro atoms. The maximum absolute atomic E-state index is 10.6. The Labute approximate surface area is 105 Å². The van der Waals surface area contributed by atoms with Gasteiger partial charge in [0.2, 0.25) is 0 Å². The van der Waals surface area contributed by atoms with E-state index in [1.807, 2.05) is 6.07 Å². The molecule has 4 heteroatoms. The summed E-state index contributed by atoms with van der Waals surface area (Å²) in [5, 5.41) is 11.6. The van der Waals surface area contributed by atoms with Crippen molar-refractivity contribution in [3.63, 3.8) is 0 Å². The van der Waals surface area contributed by atoms with Crippen molar-refractivity contribution in [2.45, 2.75) is 18.4 Å². The van der Waals surface area contributed by atoms with Crippen molar-refractivity contribution in [1.82, 2.24) is 0 Å². The van der Waals surface area contributed by atoms with Crippen molar-refractivity contribution in [2.75, 3.05) is 13.7 Å². The third-order valence-electron chi connectivity index (χ3n) is 3.04. The Kier molecular flexibility index (Phi) is 3.45. The molecule has 0 bridgehead atoms. The van der Waals surface area contributed by atoms with Crippen molar-refractivity contribution in [3.8, 4) is 0 Å². The Morgan fingerprint density at radius 1 is 1.38 bits per heavy atom. The van der Waals surface area contributed by atoms with Crippen LogP contribution in [0.1, 0.15) is 18.4 Å². The lowest BCUT2D eigenvalue weighted by molar-refractivity contribution is -0.0532. The first-order chi connectivity index (χ1) is 7.58. The molecule has 1 aliphatic carbocycles. The SMILES string of the molecule is COCC(O)(c1ccc(Cl)c(Cl)c1)C1CC1. The maximum Gasteiger partial charge on any atom is 0.116 e. The van der Waals surface area contributed by atoms with Gasteiger partial charge in [-0.25, -0.2) is 0 Å². The van der Waals surface area contributed by atoms with E-state index in [2.05, 4.69) is 0 Å². The molecule has 0 aromatic heterocycles. The van der Waals surface area contributed by atoms with E-state index in [0.717, 1.165) is 18.4 Å². The van der Waals surface area contributed by atoms with Gasteiger partial charge >= 0.3 is 0 Å². The summed E-state index contributed by atoms with van der Waals surface area (Å²) in [6, 6.07) is 5.25. The fourth-order valence-corrected chi connectivity index (χ4v) is 2.28. The van der Waals surface area contributed by atoms with E-state index >= 15 is 0 Å². The molecule has 1 saturated carbocycles. The molecular formula is C12H14Cl2O2. The normalized spacial score (nSPS) is 19.5. The zero-order valence-electron chi connectivity index (χ0n) is 9.04. The Bertz CT molecular complexity index is 391. The van der Waals surface area contributed by atoms with E-state index in [4.69, 9.17) is 27.9 Å². The minimum absolute atomic E-state index is 0.268. The van der Waals surface area contributed by atoms with Crippen LogP contribution in [0, 0.1) is 5.92 Å². The second-order valence-corrected chi connectivity index (χ2v) is 5.07. The molecule has 1 atom stereocenters. The summed E-state index contributed by atoms with van der Waals surface area (Å²) in [5.74, 6) is 0.268. The molecule has 0 saturated heterocycles. The van der Waals surface area contributed by atoms with Crippen LogP contribution in [0.4, 0.5) is 0 Å². The fourth-order valence-electron chi connectivity index (χ4n) is 1.98. The van der Waals surface area contributed by atoms with Gasteiger partial charge in [0.1, 0.15) is 5.60 Å². The van der Waals surface area contributed by atoms with Gasteiger partial charge in [-0.3, -0.25) is 0 Å². The van der Waals surface area contributed by atoms with Crippen molar-refractivity contribution in [3.05, 3.63) is 33.8 Å². The first-order valence-electron chi connectivity index (χ1n) is 5.25. The van der Waals surface area contributed by atoms with Gasteiger partial charge in [0.25, 0.3) is 0 Å². The summed E-state index contributed by atoms with van der Waals surface area (Å²) < 4.78 is 5.11. The predicted molar refractivity (Wildman–Crippen MR) is 65.0 cm³/mol. The zero-order valence-corrected chi connectivity index (χ0v) is 10.6. The summed E-state index contributed by atoms with van der Waals surface area (Å²) in [7, 11) is 1.59. The van der Waals surface area contributed by atoms with E-state index in [1.54, 1.807) is 19.2 Å². The lowest BCUT2D eigenvalue weighted by atomic mass is 9.89. The molecule has 2 nitrogen and oxygen atoms in total. The Morgan fingerprint density at radius 2 is 2.06 bits per heavy atom. The molecule has 1 N–H and O–H groups in total. The molecule has 1 aromatic rings. The molecule has 2 rings (SSSR count). The second-order valence-electron chi connectivity index (χ2n) is 4.26. The molecule has 1 aliphatic rings. The summed E-state index contributed by atoms with van der Waals surface area (Å²) >= 11 is 11.8. The molecule has 88 valence electrons. The van der Waals surface area contributed by atoms with Crippen LogP contribution in [0.2, 0.25) is 10.0 Å². The first kappa shape index (κ1) is 12.2. The van der Waals surface area contributed by atoms with E-state index in [1.165, 1.54) is 0 Å². The van der Waals surface area contributed by atoms with Gasteiger partial charge in [-0.2, -0.15) is 0 Å². The third kappa shape index (κ3) is 2.21. The summed E-state index contributed by atoms with van der Waals surface area (Å²) in [6.45, 7) is 0.287. The molecule has 1 unspecified atom stereocenters. The minimum atomic E-state index is -0.928. The number of hydrogen-bond donors (Lipinski definition) is 1. The number of aliphatic hydroxyl groups is 1. The number of hydrogen-bond acceptors (Lipinski definition) is 2. The van der Waals surface area contributed by atoms with Crippen LogP contribution in [0.25, 0.3) is 0 Å². The van der Waals surface area contributed by atoms with Gasteiger partial charge in [0.05, 0.1) is 16.7 Å². The fraction of sp³-hybridized carbons (Fsp3) is 0.500. The van der Waals surface area contributed by atoms with Gasteiger partial charge < -0.3 is 9.84 Å². The predicted octanol–water partition coefficient (Wildman–Crippen LogP) is 3.24. The van der Waals surface area contributed by atoms with Crippen molar-refractivity contribution >= 4 is 23.2 Å². The highest BCUT2D eigenvalue weighted by Gasteiger charge is 2.45. The average Bonchev–Trinajstić information content (AvgIpc) is 3.06. The number of methoxy groups -OCH3 is 1. The molecule has 1 aromatic carbocycles. The Hall–Kier alpha value is -0.280. The van der Waals surface area contributed by atoms with Gasteiger partial charge in [0.15, 0.2) is 0 Å². The highest BCUT2D eigenvalue weighted by Crippen LogP contribution is 2.46. The van der Waals surface area contributed by atoms with Crippen LogP contribution >= 0.6 is 23.2 Å². The number of ether oxygens (including phenoxy) is 1. The zero-order chi connectivity index (χ0) is 11.8. The lowest BCUT2D eigenvalue weighted by Crippen LogP contribution is -2.33. The highest BCUT2D eigenvalue weighted by atomic mass is 35.5. The van der Waals surface area contributed by atoms with Crippen LogP contribution in [-0.2, 0) is 10.3 Å². The molecule has 0 heterocycles. The maximum atomic E-state index is 10.6. The van der Waals surface area contributed by atoms with Crippen LogP contribution in [0.3, 0.4) is 0 Å². The van der Waals surface area contributed by atoms with Gasteiger partial charge in [0, 0.05) is 7.11 Å². The summed E-state index contributed by atoms with van der Waals surface area (Å²) in [5.41, 5.74) is -0.144. The summed E-state index contributed by atoms with van der Waals surface area (Å²) in [6.07, 6.45) is 2.06. The van der Waals surface area contributed by atoms with Crippen molar-refractivity contribution in [1.29, 1.82) is 0 Å². The van der Waals surface area contributed by atoms with Crippen molar-refractivity contribution in [2.24, 2.45) is 5.92 Å². The second kappa shape index (κ2) is 4.53. The van der Waals surface area contributed by atoms with E-state index in [0.29, 0.717) is 10.0 Å². The molecule has 1 fully saturated rings. The van der Waals surface area contributed by atoms with Crippen LogP contribution in [0.5, 0.6) is 0 Å². The van der Waals surface area contributed by atoms with E-state index < -0.39 is 5.60 Å². The van der Waals surface area contributed by atoms with Gasteiger partial charge in [-0.1, -0.05) is 29.3 Å². The van der Waals surface area contributed by atoms with Crippen LogP contribution in [-0.4, -0.2) is 18.8 Å². The monoisotopic (exact) mass is 260 g/mol. The standard InChI is InChI=1S/C12H14Cl2O2/c1-16-7-12(15,8-2-3-8)9-4-5-10(13)11(14)6-9/h4-6,8,15H,2-3,7H2,1H3. The third-order valence-corrected chi connectivity index (χ3v) is 3.78. The Balaban J connectivity index is 2.34. The number of rotatable bonds is 4. The number of halogens is 2. The number of benzene rings is 1. The quantitative estimate of drug-likeness (QED) is 0.901. The molecule has 0 amide bonds. The molecule has 0 aliphatic heterocycles. The summed E-state index contributed by atoms with van der Waals surface area (Å²) in [4.78, 5) is 0. The molecule has 0 radical (unpaired) electrons. The molecular weight excluding hydrogens is 247 g/mol. The smallest absolute Gasteiger partial charge is 0.116 e. The molecule has 16 heavy (non-hydrogen) atoms. The van der Waals surface area contributed by atoms with Crippen LogP contribution < -0.4 is 0 Å². The van der Waals surface area contributed by atoms with E-state index in [9.17, 15) is 5.11 Å². The van der Waals surface area contributed by atoms with Gasteiger partial charge in [-0.05, 0) is 36.5 Å². The lowest BCUT2D eigenvalue weighted by Gasteiger charge is -2.28. The topological polar surface area (TPSA) is 29.5 Å². The first-order valence-corrected chi connectivity index (χ1v) is 6.00. The highest BCUT2D eigenvalue weighted by molar-refractivity contribution is 6.42. The Morgan fingerprint density at radius 3 is 2.56 bits per heavy atom. The minimum Gasteiger partial charge on any atom is -0.382 e. The van der Waals surface area contributed by atoms with Crippen molar-refractivity contribution < 1.29 is 9.84 Å². The van der Waals surface area contributed by atoms with Gasteiger partial charge in [-0.15, -0.1) is 0 Å². The van der Waals surface area contributed by atoms with Crippen LogP contribution in [0.15, 0.2) is 18.2 Å². The van der Waals surface area contributed by atoms with E-state index in [-0.39, 0.29) is 12.5 Å². The largest absolute Gasteiger partial charge is 0.382 e. The average molecular weight is 261 g/mol.